The number of ether oxygens (including phenoxy) is 1. The van der Waals surface area contributed by atoms with E-state index in [4.69, 9.17) is 4.74 Å². The first-order valence-electron chi connectivity index (χ1n) is 8.69. The van der Waals surface area contributed by atoms with Gasteiger partial charge in [-0.2, -0.15) is 4.98 Å². The minimum atomic E-state index is -1.36. The number of azo groups is 1. The Morgan fingerprint density at radius 2 is 2.07 bits per heavy atom. The molecule has 1 aliphatic rings. The molecule has 0 aliphatic carbocycles. The van der Waals surface area contributed by atoms with Crippen LogP contribution in [0.25, 0.3) is 11.2 Å². The van der Waals surface area contributed by atoms with Gasteiger partial charge in [0.2, 0.25) is 0 Å². The second-order valence-electron chi connectivity index (χ2n) is 6.63. The molecular formula is C17H18N6O6. The van der Waals surface area contributed by atoms with Gasteiger partial charge in [0.25, 0.3) is 11.5 Å². The third kappa shape index (κ3) is 3.38. The van der Waals surface area contributed by atoms with Crippen LogP contribution < -0.4 is 5.56 Å². The Bertz CT molecular complexity index is 1140. The number of aromatic nitrogens is 4. The Labute approximate surface area is 162 Å². The van der Waals surface area contributed by atoms with E-state index in [1.807, 2.05) is 6.92 Å². The van der Waals surface area contributed by atoms with Gasteiger partial charge in [0.15, 0.2) is 17.4 Å². The smallest absolute Gasteiger partial charge is 0.280 e. The van der Waals surface area contributed by atoms with Gasteiger partial charge in [-0.15, -0.1) is 10.2 Å². The van der Waals surface area contributed by atoms with E-state index >= 15 is 0 Å². The summed E-state index contributed by atoms with van der Waals surface area (Å²) in [4.78, 5) is 22.9. The van der Waals surface area contributed by atoms with Crippen molar-refractivity contribution < 1.29 is 25.2 Å². The molecule has 3 heterocycles. The molecule has 1 saturated heterocycles. The standard InChI is InChI=1S/C17H18N6O6/c1-7-2-3-8(9(25)4-7)21-22-17-19-14-11(15(28)20-17)18-6-23(14)16-13(27)12(26)10(5-24)29-16/h2-4,6,10,12-13,16,24-27H,5H2,1H3,(H,19,20,28)/t10-,12-,13-,16-/m1/s1. The molecule has 12 heteroatoms. The van der Waals surface area contributed by atoms with Crippen molar-refractivity contribution in [1.82, 2.24) is 19.5 Å². The molecule has 3 aromatic rings. The predicted molar refractivity (Wildman–Crippen MR) is 98.2 cm³/mol. The number of H-pyrrole nitrogens is 1. The van der Waals surface area contributed by atoms with Gasteiger partial charge in [0, 0.05) is 0 Å². The lowest BCUT2D eigenvalue weighted by molar-refractivity contribution is -0.0511. The Morgan fingerprint density at radius 1 is 1.28 bits per heavy atom. The Kier molecular flexibility index (Phi) is 4.84. The van der Waals surface area contributed by atoms with Crippen molar-refractivity contribution in [3.63, 3.8) is 0 Å². The lowest BCUT2D eigenvalue weighted by Gasteiger charge is -2.16. The minimum Gasteiger partial charge on any atom is -0.506 e. The zero-order valence-electron chi connectivity index (χ0n) is 15.2. The number of rotatable bonds is 4. The second kappa shape index (κ2) is 7.33. The van der Waals surface area contributed by atoms with Crippen LogP contribution in [0, 0.1) is 6.92 Å². The van der Waals surface area contributed by atoms with E-state index < -0.39 is 36.7 Å². The summed E-state index contributed by atoms with van der Waals surface area (Å²) < 4.78 is 6.73. The summed E-state index contributed by atoms with van der Waals surface area (Å²) in [5.41, 5.74) is 0.459. The van der Waals surface area contributed by atoms with Gasteiger partial charge in [0.1, 0.15) is 29.7 Å². The number of phenolic OH excluding ortho intramolecular Hbond substituents is 1. The van der Waals surface area contributed by atoms with E-state index in [0.717, 1.165) is 5.56 Å². The highest BCUT2D eigenvalue weighted by Crippen LogP contribution is 2.31. The van der Waals surface area contributed by atoms with E-state index in [1.54, 1.807) is 12.1 Å². The van der Waals surface area contributed by atoms with Gasteiger partial charge in [-0.3, -0.25) is 14.3 Å². The molecule has 1 aromatic carbocycles. The monoisotopic (exact) mass is 402 g/mol. The van der Waals surface area contributed by atoms with Crippen LogP contribution in [0.2, 0.25) is 0 Å². The molecule has 1 aliphatic heterocycles. The van der Waals surface area contributed by atoms with Crippen LogP contribution in [0.4, 0.5) is 11.6 Å². The first-order chi connectivity index (χ1) is 13.9. The van der Waals surface area contributed by atoms with Crippen LogP contribution in [0.15, 0.2) is 39.5 Å². The van der Waals surface area contributed by atoms with Crippen molar-refractivity contribution in [2.24, 2.45) is 10.2 Å². The van der Waals surface area contributed by atoms with E-state index in [0.29, 0.717) is 0 Å². The maximum Gasteiger partial charge on any atom is 0.280 e. The second-order valence-corrected chi connectivity index (χ2v) is 6.63. The molecule has 29 heavy (non-hydrogen) atoms. The number of hydrogen-bond acceptors (Lipinski definition) is 10. The highest BCUT2D eigenvalue weighted by molar-refractivity contribution is 5.70. The third-order valence-electron chi connectivity index (χ3n) is 4.59. The number of imidazole rings is 1. The van der Waals surface area contributed by atoms with E-state index in [-0.39, 0.29) is 28.5 Å². The molecular weight excluding hydrogens is 384 g/mol. The maximum absolute atomic E-state index is 12.3. The minimum absolute atomic E-state index is 0.0279. The lowest BCUT2D eigenvalue weighted by Crippen LogP contribution is -2.33. The van der Waals surface area contributed by atoms with Crippen LogP contribution >= 0.6 is 0 Å². The lowest BCUT2D eigenvalue weighted by atomic mass is 10.1. The topological polar surface area (TPSA) is 178 Å². The quantitative estimate of drug-likeness (QED) is 0.383. The highest BCUT2D eigenvalue weighted by atomic mass is 16.6. The van der Waals surface area contributed by atoms with Crippen LogP contribution in [0.3, 0.4) is 0 Å². The number of aromatic amines is 1. The number of nitrogens with one attached hydrogen (secondary N) is 1. The summed E-state index contributed by atoms with van der Waals surface area (Å²) in [7, 11) is 0. The normalized spacial score (nSPS) is 24.7. The first kappa shape index (κ1) is 19.1. The van der Waals surface area contributed by atoms with E-state index in [9.17, 15) is 25.2 Å². The number of phenols is 1. The van der Waals surface area contributed by atoms with Crippen LogP contribution in [0.5, 0.6) is 5.75 Å². The summed E-state index contributed by atoms with van der Waals surface area (Å²) in [6.45, 7) is 1.32. The maximum atomic E-state index is 12.3. The zero-order chi connectivity index (χ0) is 20.7. The van der Waals surface area contributed by atoms with Gasteiger partial charge in [0.05, 0.1) is 12.9 Å². The number of nitrogens with zero attached hydrogens (tertiary/aromatic N) is 5. The molecule has 0 bridgehead atoms. The Balaban J connectivity index is 1.72. The predicted octanol–water partition coefficient (Wildman–Crippen LogP) is 0.161. The van der Waals surface area contributed by atoms with Crippen molar-refractivity contribution in [2.45, 2.75) is 31.5 Å². The zero-order valence-corrected chi connectivity index (χ0v) is 15.2. The first-order valence-corrected chi connectivity index (χ1v) is 8.69. The van der Waals surface area contributed by atoms with Gasteiger partial charge in [-0.25, -0.2) is 4.98 Å². The molecule has 0 unspecified atom stereocenters. The van der Waals surface area contributed by atoms with Crippen LogP contribution in [0.1, 0.15) is 11.8 Å². The number of benzene rings is 1. The fourth-order valence-electron chi connectivity index (χ4n) is 3.08. The molecule has 5 N–H and O–H groups in total. The SMILES string of the molecule is Cc1ccc(N=Nc2nc3c(ncn3[C@@H]3O[C@H](CO)[C@@H](O)[C@H]3O)c(=O)[nH]2)c(O)c1. The van der Waals surface area contributed by atoms with Crippen molar-refractivity contribution in [1.29, 1.82) is 0 Å². The summed E-state index contributed by atoms with van der Waals surface area (Å²) in [6.07, 6.45) is -3.53. The van der Waals surface area contributed by atoms with Gasteiger partial charge >= 0.3 is 0 Å². The molecule has 0 saturated carbocycles. The van der Waals surface area contributed by atoms with Crippen molar-refractivity contribution in [3.05, 3.63) is 40.4 Å². The molecule has 4 atom stereocenters. The molecule has 152 valence electrons. The van der Waals surface area contributed by atoms with Gasteiger partial charge in [-0.1, -0.05) is 6.07 Å². The number of aromatic hydroxyl groups is 1. The molecule has 1 fully saturated rings. The number of aryl methyl sites for hydroxylation is 1. The average molecular weight is 402 g/mol. The van der Waals surface area contributed by atoms with Crippen molar-refractivity contribution in [2.75, 3.05) is 6.61 Å². The summed E-state index contributed by atoms with van der Waals surface area (Å²) >= 11 is 0. The molecule has 0 radical (unpaired) electrons. The molecule has 0 spiro atoms. The van der Waals surface area contributed by atoms with Crippen molar-refractivity contribution >= 4 is 22.8 Å². The molecule has 4 rings (SSSR count). The Hall–Kier alpha value is -3.19. The summed E-state index contributed by atoms with van der Waals surface area (Å²) in [6, 6.07) is 4.82. The van der Waals surface area contributed by atoms with Crippen LogP contribution in [-0.4, -0.2) is 64.9 Å². The highest BCUT2D eigenvalue weighted by Gasteiger charge is 2.44. The number of aliphatic hydroxyl groups is 3. The van der Waals surface area contributed by atoms with Gasteiger partial charge < -0.3 is 25.2 Å². The summed E-state index contributed by atoms with van der Waals surface area (Å²) in [5, 5.41) is 47.1. The Morgan fingerprint density at radius 3 is 2.76 bits per heavy atom. The van der Waals surface area contributed by atoms with Crippen molar-refractivity contribution in [3.8, 4) is 5.75 Å². The number of aliphatic hydroxyl groups excluding tert-OH is 3. The van der Waals surface area contributed by atoms with Crippen LogP contribution in [-0.2, 0) is 4.74 Å². The van der Waals surface area contributed by atoms with E-state index in [1.165, 1.54) is 17.0 Å². The fraction of sp³-hybridized carbons (Fsp3) is 0.353. The molecule has 12 nitrogen and oxygen atoms in total. The average Bonchev–Trinajstić information content (AvgIpc) is 3.23. The molecule has 0 amide bonds. The number of fused-ring (bicyclic) bond motifs is 1. The fourth-order valence-corrected chi connectivity index (χ4v) is 3.08. The van der Waals surface area contributed by atoms with E-state index in [2.05, 4.69) is 25.2 Å². The summed E-state index contributed by atoms with van der Waals surface area (Å²) in [5.74, 6) is -0.232. The molecule has 2 aromatic heterocycles. The largest absolute Gasteiger partial charge is 0.506 e. The third-order valence-corrected chi connectivity index (χ3v) is 4.59. The number of hydrogen-bond donors (Lipinski definition) is 5. The van der Waals surface area contributed by atoms with Gasteiger partial charge in [-0.05, 0) is 24.6 Å².